The molecule has 1 aromatic heterocycles. The van der Waals surface area contributed by atoms with Gasteiger partial charge in [0.2, 0.25) is 5.89 Å². The molecule has 0 saturated heterocycles. The van der Waals surface area contributed by atoms with Gasteiger partial charge in [0.25, 0.3) is 0 Å². The van der Waals surface area contributed by atoms with Crippen molar-refractivity contribution < 1.29 is 8.91 Å². The maximum absolute atomic E-state index is 13.3. The molecule has 0 aliphatic carbocycles. The number of hydrogen-bond donors (Lipinski definition) is 1. The fourth-order valence-corrected chi connectivity index (χ4v) is 1.92. The molecule has 2 aromatic rings. The molecule has 0 amide bonds. The second kappa shape index (κ2) is 5.09. The van der Waals surface area contributed by atoms with Gasteiger partial charge in [-0.25, -0.2) is 4.39 Å². The molecular weight excluding hydrogens is 229 g/mol. The van der Waals surface area contributed by atoms with Crippen LogP contribution in [0.2, 0.25) is 0 Å². The van der Waals surface area contributed by atoms with E-state index in [0.29, 0.717) is 22.4 Å². The van der Waals surface area contributed by atoms with Gasteiger partial charge in [-0.3, -0.25) is 0 Å². The first kappa shape index (κ1) is 11.1. The molecule has 0 aliphatic heterocycles. The first-order valence-electron chi connectivity index (χ1n) is 4.68. The molecule has 16 heavy (non-hydrogen) atoms. The fourth-order valence-electron chi connectivity index (χ4n) is 1.14. The molecular formula is C10H10FN3OS. The van der Waals surface area contributed by atoms with E-state index in [1.807, 2.05) is 0 Å². The van der Waals surface area contributed by atoms with Crippen LogP contribution in [0.4, 0.5) is 4.39 Å². The van der Waals surface area contributed by atoms with Crippen molar-refractivity contribution in [3.63, 3.8) is 0 Å². The number of aromatic nitrogens is 2. The van der Waals surface area contributed by atoms with Crippen LogP contribution in [-0.2, 0) is 12.3 Å². The Morgan fingerprint density at radius 1 is 1.38 bits per heavy atom. The summed E-state index contributed by atoms with van der Waals surface area (Å²) in [5, 5.41) is 3.72. The molecule has 84 valence electrons. The summed E-state index contributed by atoms with van der Waals surface area (Å²) in [4.78, 5) is 4.60. The van der Waals surface area contributed by atoms with E-state index < -0.39 is 0 Å². The van der Waals surface area contributed by atoms with E-state index in [1.54, 1.807) is 18.2 Å². The normalized spacial score (nSPS) is 10.6. The predicted molar refractivity (Wildman–Crippen MR) is 58.2 cm³/mol. The maximum Gasteiger partial charge on any atom is 0.240 e. The first-order valence-corrected chi connectivity index (χ1v) is 5.67. The molecule has 0 aliphatic rings. The van der Waals surface area contributed by atoms with Crippen LogP contribution in [0.25, 0.3) is 0 Å². The molecule has 2 N–H and O–H groups in total. The molecule has 0 fully saturated rings. The van der Waals surface area contributed by atoms with Gasteiger partial charge in [-0.05, 0) is 12.1 Å². The van der Waals surface area contributed by atoms with Crippen LogP contribution >= 0.6 is 11.8 Å². The third-order valence-electron chi connectivity index (χ3n) is 1.88. The topological polar surface area (TPSA) is 64.9 Å². The molecule has 0 bridgehead atoms. The van der Waals surface area contributed by atoms with Gasteiger partial charge in [0.05, 0.1) is 12.3 Å². The summed E-state index contributed by atoms with van der Waals surface area (Å²) in [5.74, 6) is 1.14. The largest absolute Gasteiger partial charge is 0.338 e. The molecule has 4 nitrogen and oxygen atoms in total. The summed E-state index contributed by atoms with van der Waals surface area (Å²) in [6.45, 7) is 0.220. The van der Waals surface area contributed by atoms with Crippen molar-refractivity contribution in [3.8, 4) is 0 Å². The SMILES string of the molecule is NCc1nc(CSc2ccccc2F)no1. The van der Waals surface area contributed by atoms with Crippen LogP contribution in [0.15, 0.2) is 33.7 Å². The van der Waals surface area contributed by atoms with E-state index >= 15 is 0 Å². The highest BCUT2D eigenvalue weighted by Crippen LogP contribution is 2.23. The van der Waals surface area contributed by atoms with E-state index in [4.69, 9.17) is 10.3 Å². The zero-order valence-corrected chi connectivity index (χ0v) is 9.21. The summed E-state index contributed by atoms with van der Waals surface area (Å²) >= 11 is 1.32. The zero-order valence-electron chi connectivity index (χ0n) is 8.39. The number of rotatable bonds is 4. The minimum Gasteiger partial charge on any atom is -0.338 e. The smallest absolute Gasteiger partial charge is 0.240 e. The molecule has 1 aromatic carbocycles. The molecule has 2 rings (SSSR count). The Balaban J connectivity index is 1.99. The summed E-state index contributed by atoms with van der Waals surface area (Å²) in [6.07, 6.45) is 0. The van der Waals surface area contributed by atoms with Gasteiger partial charge in [0.15, 0.2) is 5.82 Å². The van der Waals surface area contributed by atoms with Gasteiger partial charge in [-0.2, -0.15) is 4.98 Å². The second-order valence-electron chi connectivity index (χ2n) is 3.03. The van der Waals surface area contributed by atoms with Crippen LogP contribution in [0.1, 0.15) is 11.7 Å². The van der Waals surface area contributed by atoms with Gasteiger partial charge < -0.3 is 10.3 Å². The summed E-state index contributed by atoms with van der Waals surface area (Å²) < 4.78 is 18.1. The van der Waals surface area contributed by atoms with Crippen LogP contribution in [0, 0.1) is 5.82 Å². The quantitative estimate of drug-likeness (QED) is 0.826. The number of halogens is 1. The maximum atomic E-state index is 13.3. The van der Waals surface area contributed by atoms with Crippen molar-refractivity contribution in [1.82, 2.24) is 10.1 Å². The molecule has 1 heterocycles. The summed E-state index contributed by atoms with van der Waals surface area (Å²) in [6, 6.07) is 6.57. The Bertz CT molecular complexity index is 475. The van der Waals surface area contributed by atoms with Crippen molar-refractivity contribution >= 4 is 11.8 Å². The number of benzene rings is 1. The molecule has 0 unspecified atom stereocenters. The third kappa shape index (κ3) is 2.59. The zero-order chi connectivity index (χ0) is 11.4. The molecule has 0 saturated carbocycles. The summed E-state index contributed by atoms with van der Waals surface area (Å²) in [5.41, 5.74) is 5.33. The van der Waals surface area contributed by atoms with Crippen molar-refractivity contribution in [1.29, 1.82) is 0 Å². The van der Waals surface area contributed by atoms with E-state index in [2.05, 4.69) is 10.1 Å². The van der Waals surface area contributed by atoms with Crippen LogP contribution in [0.3, 0.4) is 0 Å². The Kier molecular flexibility index (Phi) is 3.53. The Morgan fingerprint density at radius 2 is 2.19 bits per heavy atom. The van der Waals surface area contributed by atoms with Gasteiger partial charge in [0.1, 0.15) is 5.82 Å². The highest BCUT2D eigenvalue weighted by molar-refractivity contribution is 7.98. The van der Waals surface area contributed by atoms with Crippen molar-refractivity contribution in [2.75, 3.05) is 0 Å². The number of thioether (sulfide) groups is 1. The van der Waals surface area contributed by atoms with Crippen LogP contribution in [-0.4, -0.2) is 10.1 Å². The Labute approximate surface area is 96.0 Å². The van der Waals surface area contributed by atoms with Crippen molar-refractivity contribution in [2.24, 2.45) is 5.73 Å². The minimum atomic E-state index is -0.241. The van der Waals surface area contributed by atoms with E-state index in [0.717, 1.165) is 0 Å². The lowest BCUT2D eigenvalue weighted by Gasteiger charge is -1.98. The summed E-state index contributed by atoms with van der Waals surface area (Å²) in [7, 11) is 0. The van der Waals surface area contributed by atoms with Gasteiger partial charge in [0, 0.05) is 4.90 Å². The average molecular weight is 239 g/mol. The lowest BCUT2D eigenvalue weighted by atomic mass is 10.3. The highest BCUT2D eigenvalue weighted by atomic mass is 32.2. The van der Waals surface area contributed by atoms with Gasteiger partial charge >= 0.3 is 0 Å². The number of nitrogens with zero attached hydrogens (tertiary/aromatic N) is 2. The number of hydrogen-bond acceptors (Lipinski definition) is 5. The third-order valence-corrected chi connectivity index (χ3v) is 2.92. The van der Waals surface area contributed by atoms with E-state index in [9.17, 15) is 4.39 Å². The van der Waals surface area contributed by atoms with Crippen molar-refractivity contribution in [3.05, 3.63) is 41.8 Å². The monoisotopic (exact) mass is 239 g/mol. The van der Waals surface area contributed by atoms with E-state index in [-0.39, 0.29) is 12.4 Å². The van der Waals surface area contributed by atoms with Crippen LogP contribution in [0.5, 0.6) is 0 Å². The van der Waals surface area contributed by atoms with Crippen LogP contribution < -0.4 is 5.73 Å². The lowest BCUT2D eigenvalue weighted by molar-refractivity contribution is 0.376. The average Bonchev–Trinajstić information content (AvgIpc) is 2.76. The fraction of sp³-hybridized carbons (Fsp3) is 0.200. The van der Waals surface area contributed by atoms with Crippen molar-refractivity contribution in [2.45, 2.75) is 17.2 Å². The van der Waals surface area contributed by atoms with E-state index in [1.165, 1.54) is 17.8 Å². The molecule has 0 atom stereocenters. The van der Waals surface area contributed by atoms with Gasteiger partial charge in [-0.15, -0.1) is 11.8 Å². The highest BCUT2D eigenvalue weighted by Gasteiger charge is 2.07. The molecule has 6 heteroatoms. The Hall–Kier alpha value is -1.40. The minimum absolute atomic E-state index is 0.220. The lowest BCUT2D eigenvalue weighted by Crippen LogP contribution is -1.96. The molecule has 0 spiro atoms. The Morgan fingerprint density at radius 3 is 2.88 bits per heavy atom. The number of nitrogens with two attached hydrogens (primary N) is 1. The predicted octanol–water partition coefficient (Wildman–Crippen LogP) is 1.96. The standard InChI is InChI=1S/C10H10FN3OS/c11-7-3-1-2-4-8(7)16-6-9-13-10(5-12)15-14-9/h1-4H,5-6,12H2. The first-order chi connectivity index (χ1) is 7.79. The molecule has 0 radical (unpaired) electrons. The second-order valence-corrected chi connectivity index (χ2v) is 4.04. The van der Waals surface area contributed by atoms with Gasteiger partial charge in [-0.1, -0.05) is 17.3 Å².